The number of sulfone groups is 1. The van der Waals surface area contributed by atoms with Crippen molar-refractivity contribution in [2.75, 3.05) is 17.7 Å². The Balaban J connectivity index is 1.51. The van der Waals surface area contributed by atoms with E-state index < -0.39 is 65.0 Å². The molecule has 0 saturated heterocycles. The van der Waals surface area contributed by atoms with Crippen LogP contribution in [0.15, 0.2) is 85.6 Å². The van der Waals surface area contributed by atoms with E-state index in [4.69, 9.17) is 33.0 Å². The third-order valence-electron chi connectivity index (χ3n) is 6.72. The molecular weight excluding hydrogens is 817 g/mol. The fourth-order valence-electron chi connectivity index (χ4n) is 4.44. The van der Waals surface area contributed by atoms with Gasteiger partial charge in [-0.25, -0.2) is 27.8 Å². The summed E-state index contributed by atoms with van der Waals surface area (Å²) in [6.07, 6.45) is 0. The largest absolute Gasteiger partial charge is 0.505 e. The van der Waals surface area contributed by atoms with Crippen LogP contribution in [-0.2, 0) is 43.9 Å². The van der Waals surface area contributed by atoms with Crippen molar-refractivity contribution in [3.8, 4) is 5.75 Å². The number of fused-ring (bicyclic) bond motifs is 2. The average Bonchev–Trinajstić information content (AvgIpc) is 3.06. The third-order valence-corrected chi connectivity index (χ3v) is 11.0. The number of nitrogens with one attached hydrogen (secondary N) is 1. The summed E-state index contributed by atoms with van der Waals surface area (Å²) in [5.41, 5.74) is -0.304. The van der Waals surface area contributed by atoms with Crippen LogP contribution < -0.4 is 5.32 Å². The summed E-state index contributed by atoms with van der Waals surface area (Å²) >= 11 is 12.1. The number of carbonyl (C=O) groups excluding carboxylic acids is 1. The highest BCUT2D eigenvalue weighted by atomic mass is 35.5. The Kier molecular flexibility index (Phi) is 11.6. The van der Waals surface area contributed by atoms with Crippen LogP contribution in [-0.4, -0.2) is 73.0 Å². The predicted octanol–water partition coefficient (Wildman–Crippen LogP) is 5.73. The van der Waals surface area contributed by atoms with E-state index in [1.165, 1.54) is 36.4 Å². The lowest BCUT2D eigenvalue weighted by molar-refractivity contribution is -0.432. The van der Waals surface area contributed by atoms with Crippen molar-refractivity contribution in [1.82, 2.24) is 9.97 Å². The summed E-state index contributed by atoms with van der Waals surface area (Å²) in [4.78, 5) is 20.2. The molecule has 0 fully saturated rings. The van der Waals surface area contributed by atoms with Crippen molar-refractivity contribution < 1.29 is 63.1 Å². The normalized spacial score (nSPS) is 12.6. The van der Waals surface area contributed by atoms with E-state index >= 15 is 0 Å². The van der Waals surface area contributed by atoms with Gasteiger partial charge in [-0.2, -0.15) is 21.9 Å². The Morgan fingerprint density at radius 3 is 2.19 bits per heavy atom. The molecule has 4 aromatic carbocycles. The lowest BCUT2D eigenvalue weighted by Gasteiger charge is -2.14. The average molecular weight is 837 g/mol. The van der Waals surface area contributed by atoms with Crippen LogP contribution in [0.25, 0.3) is 21.8 Å². The molecule has 5 N–H and O–H groups in total. The molecule has 1 heterocycles. The van der Waals surface area contributed by atoms with Crippen molar-refractivity contribution in [1.29, 1.82) is 0 Å². The van der Waals surface area contributed by atoms with Crippen molar-refractivity contribution in [3.63, 3.8) is 0 Å². The van der Waals surface area contributed by atoms with E-state index in [2.05, 4.69) is 39.1 Å². The van der Waals surface area contributed by atoms with Crippen LogP contribution in [0.5, 0.6) is 5.75 Å². The molecule has 0 spiro atoms. The number of aromatic hydroxyl groups is 1. The van der Waals surface area contributed by atoms with Crippen LogP contribution in [0, 0.1) is 0 Å². The number of carbonyl (C=O) groups is 1. The topological polar surface area (TPSA) is 291 Å². The number of nitrogens with zero attached hydrogens (tertiary/aromatic N) is 4. The first-order valence-corrected chi connectivity index (χ1v) is 19.6. The molecule has 0 radical (unpaired) electrons. The van der Waals surface area contributed by atoms with Gasteiger partial charge < -0.3 is 10.4 Å². The summed E-state index contributed by atoms with van der Waals surface area (Å²) in [6, 6.07) is 11.9. The van der Waals surface area contributed by atoms with Gasteiger partial charge in [-0.05, 0) is 66.0 Å². The van der Waals surface area contributed by atoms with Gasteiger partial charge in [0.15, 0.2) is 25.9 Å². The maximum Gasteiger partial charge on any atom is 0.397 e. The molecule has 5 rings (SSSR count). The lowest BCUT2D eigenvalue weighted by atomic mass is 10.1. The Bertz CT molecular complexity index is 2590. The van der Waals surface area contributed by atoms with Crippen molar-refractivity contribution in [2.45, 2.75) is 14.7 Å². The van der Waals surface area contributed by atoms with Gasteiger partial charge in [-0.3, -0.25) is 13.9 Å². The number of rotatable bonds is 13. The minimum Gasteiger partial charge on any atom is -0.505 e. The SMILES string of the molecule is O=C(Nc1cc2c(O)c(N=Nc3ccc(S(=O)(=O)CCOS(=O)(=O)O)cc3)c(SOOO)cc2cc1S(=O)(=O)O)c1ccc2nc(Cl)c(Cl)nc2c1. The minimum absolute atomic E-state index is 0.0292. The zero-order valence-corrected chi connectivity index (χ0v) is 30.0. The van der Waals surface area contributed by atoms with Gasteiger partial charge in [0.25, 0.3) is 16.0 Å². The number of azo groups is 1. The van der Waals surface area contributed by atoms with Crippen molar-refractivity contribution in [2.24, 2.45) is 10.2 Å². The summed E-state index contributed by atoms with van der Waals surface area (Å²) in [7, 11) is -13.9. The molecule has 0 aliphatic rings. The number of hydrogen-bond donors (Lipinski definition) is 5. The van der Waals surface area contributed by atoms with Crippen LogP contribution in [0.4, 0.5) is 17.1 Å². The third kappa shape index (κ3) is 9.27. The number of phenolic OH excluding ortho intramolecular Hbond substituents is 1. The molecule has 0 aliphatic heterocycles. The van der Waals surface area contributed by atoms with E-state index in [-0.39, 0.29) is 53.3 Å². The molecule has 0 saturated carbocycles. The smallest absolute Gasteiger partial charge is 0.397 e. The number of hydrogen-bond acceptors (Lipinski definition) is 17. The monoisotopic (exact) mass is 835 g/mol. The summed E-state index contributed by atoms with van der Waals surface area (Å²) in [5, 5.41) is 33.6. The molecule has 25 heteroatoms. The fourth-order valence-corrected chi connectivity index (χ4v) is 7.35. The molecule has 0 bridgehead atoms. The van der Waals surface area contributed by atoms with Gasteiger partial charge in [0.1, 0.15) is 10.6 Å². The van der Waals surface area contributed by atoms with Crippen molar-refractivity contribution in [3.05, 3.63) is 76.5 Å². The van der Waals surface area contributed by atoms with E-state index in [0.29, 0.717) is 17.6 Å². The molecule has 1 amide bonds. The number of anilines is 1. The molecule has 0 aliphatic carbocycles. The van der Waals surface area contributed by atoms with Gasteiger partial charge in [0.2, 0.25) is 0 Å². The Morgan fingerprint density at radius 2 is 1.56 bits per heavy atom. The maximum absolute atomic E-state index is 13.3. The molecule has 274 valence electrons. The van der Waals surface area contributed by atoms with E-state index in [1.807, 2.05) is 0 Å². The quantitative estimate of drug-likeness (QED) is 0.0311. The molecule has 19 nitrogen and oxygen atoms in total. The summed E-state index contributed by atoms with van der Waals surface area (Å²) in [6.45, 7) is -0.843. The highest BCUT2D eigenvalue weighted by molar-refractivity contribution is 7.94. The highest BCUT2D eigenvalue weighted by Gasteiger charge is 2.24. The molecule has 1 aromatic heterocycles. The highest BCUT2D eigenvalue weighted by Crippen LogP contribution is 2.46. The van der Waals surface area contributed by atoms with Gasteiger partial charge in [0.05, 0.1) is 56.6 Å². The summed E-state index contributed by atoms with van der Waals surface area (Å²) in [5.74, 6) is -2.31. The minimum atomic E-state index is -5.01. The number of phenols is 1. The molecule has 5 aromatic rings. The van der Waals surface area contributed by atoms with Crippen LogP contribution in [0.2, 0.25) is 10.3 Å². The predicted molar refractivity (Wildman–Crippen MR) is 184 cm³/mol. The van der Waals surface area contributed by atoms with Gasteiger partial charge >= 0.3 is 10.4 Å². The standard InChI is InChI=1S/C27H19Cl2N5O14S4/c28-25-26(29)31-19-9-13(1-6-18(19)30-25)27(36)32-20-12-17-14(11-22(20)51(40,41)42)10-21(49-48-47-37)23(24(17)35)34-33-15-2-4-16(5-3-15)50(38,39)8-7-46-52(43,44)45/h1-6,9-12,35,37H,7-8H2,(H,32,36)(H,40,41,42)(H,43,44,45). The molecular formula is C27H19Cl2N5O14S4. The van der Waals surface area contributed by atoms with Crippen LogP contribution in [0.1, 0.15) is 10.4 Å². The Hall–Kier alpha value is -4.11. The molecule has 0 unspecified atom stereocenters. The fraction of sp³-hybridized carbons (Fsp3) is 0.0741. The van der Waals surface area contributed by atoms with Gasteiger partial charge in [-0.15, -0.1) is 9.45 Å². The molecule has 0 atom stereocenters. The summed E-state index contributed by atoms with van der Waals surface area (Å²) < 4.78 is 98.3. The first-order chi connectivity index (χ1) is 24.4. The van der Waals surface area contributed by atoms with E-state index in [9.17, 15) is 39.7 Å². The number of aromatic nitrogens is 2. The van der Waals surface area contributed by atoms with Crippen molar-refractivity contribution >= 4 is 110 Å². The second kappa shape index (κ2) is 15.5. The Morgan fingerprint density at radius 1 is 0.885 bits per heavy atom. The zero-order valence-electron chi connectivity index (χ0n) is 25.2. The Labute approximate surface area is 306 Å². The lowest BCUT2D eigenvalue weighted by Crippen LogP contribution is -2.15. The second-order valence-electron chi connectivity index (χ2n) is 10.1. The number of halogens is 2. The van der Waals surface area contributed by atoms with Crippen LogP contribution in [0.3, 0.4) is 0 Å². The first-order valence-electron chi connectivity index (χ1n) is 13.6. The molecule has 52 heavy (non-hydrogen) atoms. The van der Waals surface area contributed by atoms with Gasteiger partial charge in [0, 0.05) is 10.9 Å². The maximum atomic E-state index is 13.3. The second-order valence-corrected chi connectivity index (χ2v) is 16.1. The first kappa shape index (κ1) is 39.1. The van der Waals surface area contributed by atoms with Gasteiger partial charge in [-0.1, -0.05) is 28.2 Å². The number of benzene rings is 4. The van der Waals surface area contributed by atoms with Crippen LogP contribution >= 0.6 is 35.2 Å². The van der Waals surface area contributed by atoms with E-state index in [0.717, 1.165) is 24.3 Å². The number of amides is 1. The van der Waals surface area contributed by atoms with E-state index in [1.54, 1.807) is 0 Å². The zero-order chi connectivity index (χ0) is 38.0.